The number of benzene rings is 3. The van der Waals surface area contributed by atoms with Crippen LogP contribution in [0.5, 0.6) is 5.75 Å². The second-order valence-electron chi connectivity index (χ2n) is 9.37. The molecule has 0 spiro atoms. The number of imidazole rings is 1. The van der Waals surface area contributed by atoms with E-state index in [1.54, 1.807) is 31.2 Å². The number of sulfone groups is 1. The molecule has 1 N–H and O–H groups in total. The third kappa shape index (κ3) is 5.08. The molecule has 1 amide bonds. The average Bonchev–Trinajstić information content (AvgIpc) is 3.18. The molecule has 1 fully saturated rings. The van der Waals surface area contributed by atoms with Crippen molar-refractivity contribution in [2.24, 2.45) is 7.05 Å². The number of amides is 1. The van der Waals surface area contributed by atoms with Gasteiger partial charge in [0, 0.05) is 17.8 Å². The molecule has 192 valence electrons. The summed E-state index contributed by atoms with van der Waals surface area (Å²) in [5, 5.41) is 3.54. The number of fused-ring (bicyclic) bond motifs is 1. The molecule has 1 aliphatic rings. The maximum Gasteiger partial charge on any atom is 0.228 e. The van der Waals surface area contributed by atoms with Crippen LogP contribution in [0.4, 0.5) is 5.69 Å². The minimum absolute atomic E-state index is 0.0427. The number of anilines is 1. The van der Waals surface area contributed by atoms with Crippen LogP contribution in [0, 0.1) is 0 Å². The van der Waals surface area contributed by atoms with Crippen LogP contribution in [0.1, 0.15) is 37.6 Å². The van der Waals surface area contributed by atoms with E-state index in [-0.39, 0.29) is 23.0 Å². The summed E-state index contributed by atoms with van der Waals surface area (Å²) in [6, 6.07) is 19.5. The van der Waals surface area contributed by atoms with Gasteiger partial charge in [-0.05, 0) is 79.4 Å². The van der Waals surface area contributed by atoms with E-state index >= 15 is 0 Å². The highest BCUT2D eigenvalue weighted by atomic mass is 35.5. The Hall–Kier alpha value is -3.36. The zero-order valence-corrected chi connectivity index (χ0v) is 22.3. The number of hydrogen-bond donors (Lipinski definition) is 1. The number of carbonyl (C=O) groups is 1. The molecule has 0 unspecified atom stereocenters. The number of halogens is 1. The number of nitrogens with zero attached hydrogens (tertiary/aromatic N) is 2. The van der Waals surface area contributed by atoms with Gasteiger partial charge in [0.25, 0.3) is 0 Å². The van der Waals surface area contributed by atoms with E-state index in [0.29, 0.717) is 16.5 Å². The van der Waals surface area contributed by atoms with Gasteiger partial charge >= 0.3 is 0 Å². The van der Waals surface area contributed by atoms with Crippen LogP contribution in [0.15, 0.2) is 71.6 Å². The maximum atomic E-state index is 12.5. The molecule has 9 heteroatoms. The van der Waals surface area contributed by atoms with Gasteiger partial charge in [-0.15, -0.1) is 0 Å². The van der Waals surface area contributed by atoms with Crippen molar-refractivity contribution in [2.75, 3.05) is 11.1 Å². The van der Waals surface area contributed by atoms with Crippen molar-refractivity contribution in [3.63, 3.8) is 0 Å². The molecule has 3 aromatic carbocycles. The summed E-state index contributed by atoms with van der Waals surface area (Å²) >= 11 is 6.16. The van der Waals surface area contributed by atoms with Crippen LogP contribution in [-0.2, 0) is 33.7 Å². The Morgan fingerprint density at radius 3 is 2.41 bits per heavy atom. The summed E-state index contributed by atoms with van der Waals surface area (Å²) in [4.78, 5) is 17.7. The van der Waals surface area contributed by atoms with Gasteiger partial charge in [-0.1, -0.05) is 30.7 Å². The van der Waals surface area contributed by atoms with Crippen molar-refractivity contribution < 1.29 is 17.9 Å². The summed E-state index contributed by atoms with van der Waals surface area (Å²) in [5.41, 5.74) is 2.75. The van der Waals surface area contributed by atoms with Gasteiger partial charge in [-0.25, -0.2) is 13.4 Å². The summed E-state index contributed by atoms with van der Waals surface area (Å²) in [6.45, 7) is 1.61. The first-order chi connectivity index (χ1) is 17.7. The number of ether oxygens (including phenoxy) is 1. The largest absolute Gasteiger partial charge is 0.479 e. The van der Waals surface area contributed by atoms with Crippen molar-refractivity contribution in [3.8, 4) is 5.75 Å². The number of nitrogens with one attached hydrogen (secondary N) is 1. The Balaban J connectivity index is 1.25. The first-order valence-corrected chi connectivity index (χ1v) is 14.3. The minimum atomic E-state index is -3.26. The lowest BCUT2D eigenvalue weighted by Crippen LogP contribution is -2.42. The summed E-state index contributed by atoms with van der Waals surface area (Å²) < 4.78 is 32.5. The first kappa shape index (κ1) is 25.3. The predicted octanol–water partition coefficient (Wildman–Crippen LogP) is 5.66. The lowest BCUT2D eigenvalue weighted by molar-refractivity contribution is -0.115. The average molecular weight is 538 g/mol. The van der Waals surface area contributed by atoms with E-state index in [4.69, 9.17) is 21.3 Å². The quantitative estimate of drug-likeness (QED) is 0.313. The van der Waals surface area contributed by atoms with E-state index < -0.39 is 15.4 Å². The van der Waals surface area contributed by atoms with Crippen molar-refractivity contribution in [3.05, 3.63) is 83.1 Å². The van der Waals surface area contributed by atoms with E-state index in [0.717, 1.165) is 41.7 Å². The van der Waals surface area contributed by atoms with Crippen molar-refractivity contribution >= 4 is 44.1 Å². The molecule has 1 aromatic heterocycles. The van der Waals surface area contributed by atoms with E-state index in [1.165, 1.54) is 0 Å². The molecule has 1 saturated carbocycles. The molecule has 4 aromatic rings. The molecule has 0 radical (unpaired) electrons. The number of aryl methyl sites for hydroxylation is 1. The Kier molecular flexibility index (Phi) is 6.72. The Morgan fingerprint density at radius 1 is 1.08 bits per heavy atom. The maximum absolute atomic E-state index is 12.5. The van der Waals surface area contributed by atoms with Gasteiger partial charge in [0.15, 0.2) is 21.3 Å². The molecule has 1 heterocycles. The van der Waals surface area contributed by atoms with Crippen LogP contribution in [0.3, 0.4) is 0 Å². The normalized spacial score (nSPS) is 14.8. The lowest BCUT2D eigenvalue weighted by Gasteiger charge is -2.41. The van der Waals surface area contributed by atoms with Gasteiger partial charge in [0.2, 0.25) is 5.91 Å². The monoisotopic (exact) mass is 537 g/mol. The van der Waals surface area contributed by atoms with E-state index in [9.17, 15) is 13.2 Å². The topological polar surface area (TPSA) is 90.3 Å². The second-order valence-corrected chi connectivity index (χ2v) is 12.1. The number of carbonyl (C=O) groups excluding carboxylic acids is 1. The summed E-state index contributed by atoms with van der Waals surface area (Å²) in [5.74, 6) is 1.44. The molecule has 7 nitrogen and oxygen atoms in total. The zero-order chi connectivity index (χ0) is 26.2. The molecule has 0 atom stereocenters. The Labute approximate surface area is 221 Å². The minimum Gasteiger partial charge on any atom is -0.479 e. The number of hydrogen-bond acceptors (Lipinski definition) is 5. The molecular weight excluding hydrogens is 510 g/mol. The SMILES string of the molecule is CCS(=O)(=O)c1ccc(CC(=O)Nc2ccc(OC3(c4nc5cc(Cl)ccc5n4C)CCC3)cc2)cc1. The highest BCUT2D eigenvalue weighted by Crippen LogP contribution is 2.45. The Bertz CT molecular complexity index is 1560. The third-order valence-corrected chi connectivity index (χ3v) is 8.88. The van der Waals surface area contributed by atoms with Gasteiger partial charge < -0.3 is 14.6 Å². The molecule has 1 aliphatic carbocycles. The highest BCUT2D eigenvalue weighted by molar-refractivity contribution is 7.91. The highest BCUT2D eigenvalue weighted by Gasteiger charge is 2.45. The smallest absolute Gasteiger partial charge is 0.228 e. The standard InChI is InChI=1S/C28H28ClN3O4S/c1-3-37(34,35)23-12-5-19(6-13-23)17-26(33)30-21-8-10-22(11-9-21)36-28(15-4-16-28)27-31-24-18-20(29)7-14-25(24)32(27)2/h5-14,18H,3-4,15-17H2,1-2H3,(H,30,33). The fraction of sp³-hybridized carbons (Fsp3) is 0.286. The number of aromatic nitrogens is 2. The van der Waals surface area contributed by atoms with Gasteiger partial charge in [-0.2, -0.15) is 0 Å². The third-order valence-electron chi connectivity index (χ3n) is 6.89. The van der Waals surface area contributed by atoms with E-state index in [2.05, 4.69) is 9.88 Å². The fourth-order valence-electron chi connectivity index (χ4n) is 4.65. The molecule has 5 rings (SSSR count). The van der Waals surface area contributed by atoms with Crippen LogP contribution in [-0.4, -0.2) is 29.6 Å². The second kappa shape index (κ2) is 9.84. The summed E-state index contributed by atoms with van der Waals surface area (Å²) in [7, 11) is -1.26. The molecular formula is C28H28ClN3O4S. The van der Waals surface area contributed by atoms with Crippen molar-refractivity contribution in [2.45, 2.75) is 43.1 Å². The fourth-order valence-corrected chi connectivity index (χ4v) is 5.70. The summed E-state index contributed by atoms with van der Waals surface area (Å²) in [6.07, 6.45) is 2.94. The van der Waals surface area contributed by atoms with Crippen LogP contribution >= 0.6 is 11.6 Å². The zero-order valence-electron chi connectivity index (χ0n) is 20.7. The molecule has 0 aliphatic heterocycles. The molecule has 0 bridgehead atoms. The van der Waals surface area contributed by atoms with Gasteiger partial charge in [-0.3, -0.25) is 4.79 Å². The predicted molar refractivity (Wildman–Crippen MR) is 145 cm³/mol. The first-order valence-electron chi connectivity index (χ1n) is 12.2. The molecule has 0 saturated heterocycles. The van der Waals surface area contributed by atoms with Crippen molar-refractivity contribution in [1.82, 2.24) is 9.55 Å². The van der Waals surface area contributed by atoms with Gasteiger partial charge in [0.05, 0.1) is 28.1 Å². The van der Waals surface area contributed by atoms with Gasteiger partial charge in [0.1, 0.15) is 5.75 Å². The number of rotatable bonds is 8. The van der Waals surface area contributed by atoms with E-state index in [1.807, 2.05) is 49.5 Å². The van der Waals surface area contributed by atoms with Crippen LogP contribution < -0.4 is 10.1 Å². The lowest BCUT2D eigenvalue weighted by atomic mass is 9.79. The Morgan fingerprint density at radius 2 is 1.78 bits per heavy atom. The van der Waals surface area contributed by atoms with Crippen LogP contribution in [0.2, 0.25) is 5.02 Å². The van der Waals surface area contributed by atoms with Crippen molar-refractivity contribution in [1.29, 1.82) is 0 Å². The molecule has 37 heavy (non-hydrogen) atoms. The van der Waals surface area contributed by atoms with Crippen LogP contribution in [0.25, 0.3) is 11.0 Å².